The van der Waals surface area contributed by atoms with E-state index in [0.29, 0.717) is 12.0 Å². The minimum Gasteiger partial charge on any atom is -0.352 e. The molecule has 104 valence electrons. The van der Waals surface area contributed by atoms with Gasteiger partial charge in [0.15, 0.2) is 0 Å². The topological polar surface area (TPSA) is 32.3 Å². The summed E-state index contributed by atoms with van der Waals surface area (Å²) in [5.74, 6) is 2.66. The number of fused-ring (bicyclic) bond motifs is 2. The highest BCUT2D eigenvalue weighted by atomic mass is 16.1. The molecule has 2 saturated heterocycles. The van der Waals surface area contributed by atoms with Crippen LogP contribution in [0.25, 0.3) is 0 Å². The van der Waals surface area contributed by atoms with Crippen LogP contribution in [0.3, 0.4) is 0 Å². The van der Waals surface area contributed by atoms with E-state index in [2.05, 4.69) is 24.1 Å². The van der Waals surface area contributed by atoms with E-state index in [9.17, 15) is 4.79 Å². The highest BCUT2D eigenvalue weighted by Crippen LogP contribution is 2.39. The SMILES string of the molecule is CC(C)C(=O)N[C@@H](CN1CC2CC(C2)C1)C(C)C. The van der Waals surface area contributed by atoms with Gasteiger partial charge in [0.25, 0.3) is 0 Å². The number of amides is 1. The van der Waals surface area contributed by atoms with Gasteiger partial charge in [0.1, 0.15) is 0 Å². The van der Waals surface area contributed by atoms with E-state index < -0.39 is 0 Å². The first kappa shape index (κ1) is 13.9. The summed E-state index contributed by atoms with van der Waals surface area (Å²) in [7, 11) is 0. The Kier molecular flexibility index (Phi) is 4.31. The van der Waals surface area contributed by atoms with Gasteiger partial charge in [-0.3, -0.25) is 4.79 Å². The lowest BCUT2D eigenvalue weighted by Gasteiger charge is -2.48. The molecule has 1 aliphatic carbocycles. The Hall–Kier alpha value is -0.570. The molecule has 3 rings (SSSR count). The second-order valence-electron chi connectivity index (χ2n) is 6.94. The third-order valence-electron chi connectivity index (χ3n) is 4.48. The minimum absolute atomic E-state index is 0.0843. The third kappa shape index (κ3) is 3.25. The van der Waals surface area contributed by atoms with Crippen molar-refractivity contribution in [1.82, 2.24) is 10.2 Å². The lowest BCUT2D eigenvalue weighted by atomic mass is 9.71. The van der Waals surface area contributed by atoms with E-state index in [1.165, 1.54) is 25.9 Å². The Labute approximate surface area is 111 Å². The molecule has 0 radical (unpaired) electrons. The fourth-order valence-electron chi connectivity index (χ4n) is 3.18. The molecule has 2 bridgehead atoms. The summed E-state index contributed by atoms with van der Waals surface area (Å²) in [6, 6.07) is 0.303. The Bertz CT molecular complexity index is 285. The fraction of sp³-hybridized carbons (Fsp3) is 0.933. The summed E-state index contributed by atoms with van der Waals surface area (Å²) < 4.78 is 0. The van der Waals surface area contributed by atoms with Gasteiger partial charge in [-0.2, -0.15) is 0 Å². The van der Waals surface area contributed by atoms with Crippen LogP contribution in [0.2, 0.25) is 0 Å². The Morgan fingerprint density at radius 2 is 1.72 bits per heavy atom. The standard InChI is InChI=1S/C15H28N2O/c1-10(2)14(16-15(18)11(3)4)9-17-7-12-5-13(6-12)8-17/h10-14H,5-9H2,1-4H3,(H,16,18)/t12?,13?,14-/m0/s1. The molecule has 2 heterocycles. The quantitative estimate of drug-likeness (QED) is 0.813. The van der Waals surface area contributed by atoms with Crippen molar-refractivity contribution in [3.8, 4) is 0 Å². The zero-order valence-electron chi connectivity index (χ0n) is 12.3. The summed E-state index contributed by atoms with van der Waals surface area (Å²) in [5.41, 5.74) is 0. The molecule has 3 fully saturated rings. The predicted octanol–water partition coefficient (Wildman–Crippen LogP) is 2.12. The number of nitrogens with zero attached hydrogens (tertiary/aromatic N) is 1. The number of rotatable bonds is 5. The van der Waals surface area contributed by atoms with Gasteiger partial charge in [-0.1, -0.05) is 27.7 Å². The Balaban J connectivity index is 1.84. The first-order valence-electron chi connectivity index (χ1n) is 7.48. The van der Waals surface area contributed by atoms with E-state index in [-0.39, 0.29) is 11.8 Å². The molecule has 3 heteroatoms. The van der Waals surface area contributed by atoms with Gasteiger partial charge in [0, 0.05) is 31.6 Å². The van der Waals surface area contributed by atoms with Crippen LogP contribution in [0.15, 0.2) is 0 Å². The normalized spacial score (nSPS) is 29.2. The van der Waals surface area contributed by atoms with Crippen molar-refractivity contribution < 1.29 is 4.79 Å². The fourth-order valence-corrected chi connectivity index (χ4v) is 3.18. The van der Waals surface area contributed by atoms with Gasteiger partial charge in [-0.05, 0) is 30.6 Å². The number of hydrogen-bond donors (Lipinski definition) is 1. The van der Waals surface area contributed by atoms with Crippen LogP contribution >= 0.6 is 0 Å². The molecule has 3 nitrogen and oxygen atoms in total. The van der Waals surface area contributed by atoms with Crippen molar-refractivity contribution in [3.63, 3.8) is 0 Å². The van der Waals surface area contributed by atoms with Gasteiger partial charge in [-0.15, -0.1) is 0 Å². The third-order valence-corrected chi connectivity index (χ3v) is 4.48. The molecule has 3 aliphatic rings. The Morgan fingerprint density at radius 3 is 2.17 bits per heavy atom. The van der Waals surface area contributed by atoms with Crippen LogP contribution in [0.5, 0.6) is 0 Å². The number of nitrogens with one attached hydrogen (secondary N) is 1. The van der Waals surface area contributed by atoms with Crippen LogP contribution < -0.4 is 5.32 Å². The molecule has 1 amide bonds. The van der Waals surface area contributed by atoms with Crippen molar-refractivity contribution in [2.75, 3.05) is 19.6 Å². The van der Waals surface area contributed by atoms with Crippen molar-refractivity contribution in [2.24, 2.45) is 23.7 Å². The van der Waals surface area contributed by atoms with Crippen LogP contribution in [0.4, 0.5) is 0 Å². The van der Waals surface area contributed by atoms with Gasteiger partial charge in [0.2, 0.25) is 5.91 Å². The molecule has 0 unspecified atom stereocenters. The summed E-state index contributed by atoms with van der Waals surface area (Å²) in [4.78, 5) is 14.4. The van der Waals surface area contributed by atoms with Gasteiger partial charge in [0.05, 0.1) is 0 Å². The highest BCUT2D eigenvalue weighted by molar-refractivity contribution is 5.78. The van der Waals surface area contributed by atoms with E-state index in [0.717, 1.165) is 18.4 Å². The van der Waals surface area contributed by atoms with Crippen LogP contribution in [-0.4, -0.2) is 36.5 Å². The second kappa shape index (κ2) is 5.60. The molecule has 1 N–H and O–H groups in total. The minimum atomic E-state index is 0.0843. The summed E-state index contributed by atoms with van der Waals surface area (Å²) in [6.45, 7) is 11.9. The average Bonchev–Trinajstić information content (AvgIpc) is 2.26. The maximum atomic E-state index is 11.8. The maximum Gasteiger partial charge on any atom is 0.222 e. The molecule has 2 aliphatic heterocycles. The van der Waals surface area contributed by atoms with E-state index in [1.54, 1.807) is 0 Å². The van der Waals surface area contributed by atoms with Crippen LogP contribution in [0, 0.1) is 23.7 Å². The van der Waals surface area contributed by atoms with Crippen molar-refractivity contribution in [2.45, 2.75) is 46.6 Å². The van der Waals surface area contributed by atoms with E-state index in [4.69, 9.17) is 0 Å². The molecular formula is C15H28N2O. The summed E-state index contributed by atoms with van der Waals surface area (Å²) >= 11 is 0. The van der Waals surface area contributed by atoms with Crippen LogP contribution in [0.1, 0.15) is 40.5 Å². The number of hydrogen-bond acceptors (Lipinski definition) is 2. The highest BCUT2D eigenvalue weighted by Gasteiger charge is 2.37. The molecular weight excluding hydrogens is 224 g/mol. The zero-order chi connectivity index (χ0) is 13.3. The lowest BCUT2D eigenvalue weighted by Crippen LogP contribution is -2.54. The molecule has 0 aromatic carbocycles. The van der Waals surface area contributed by atoms with Gasteiger partial charge >= 0.3 is 0 Å². The summed E-state index contributed by atoms with van der Waals surface area (Å²) in [6.07, 6.45) is 2.89. The van der Waals surface area contributed by atoms with Gasteiger partial charge in [-0.25, -0.2) is 0 Å². The number of carbonyl (C=O) groups is 1. The number of carbonyl (C=O) groups excluding carboxylic acids is 1. The van der Waals surface area contributed by atoms with E-state index in [1.807, 2.05) is 13.8 Å². The lowest BCUT2D eigenvalue weighted by molar-refractivity contribution is -0.125. The van der Waals surface area contributed by atoms with Crippen molar-refractivity contribution in [1.29, 1.82) is 0 Å². The molecule has 1 saturated carbocycles. The Morgan fingerprint density at radius 1 is 1.17 bits per heavy atom. The molecule has 1 atom stereocenters. The zero-order valence-corrected chi connectivity index (χ0v) is 12.3. The molecule has 0 aromatic rings. The largest absolute Gasteiger partial charge is 0.352 e. The monoisotopic (exact) mass is 252 g/mol. The summed E-state index contributed by atoms with van der Waals surface area (Å²) in [5, 5.41) is 3.21. The van der Waals surface area contributed by atoms with Crippen LogP contribution in [-0.2, 0) is 4.79 Å². The molecule has 18 heavy (non-hydrogen) atoms. The molecule has 0 aromatic heterocycles. The smallest absolute Gasteiger partial charge is 0.222 e. The van der Waals surface area contributed by atoms with Crippen molar-refractivity contribution in [3.05, 3.63) is 0 Å². The molecule has 0 spiro atoms. The van der Waals surface area contributed by atoms with Crippen molar-refractivity contribution >= 4 is 5.91 Å². The first-order chi connectivity index (χ1) is 8.45. The first-order valence-corrected chi connectivity index (χ1v) is 7.48. The van der Waals surface area contributed by atoms with E-state index >= 15 is 0 Å². The van der Waals surface area contributed by atoms with Gasteiger partial charge < -0.3 is 10.2 Å². The second-order valence-corrected chi connectivity index (χ2v) is 6.94. The maximum absolute atomic E-state index is 11.8. The predicted molar refractivity (Wildman–Crippen MR) is 74.3 cm³/mol. The number of piperidine rings is 2. The average molecular weight is 252 g/mol.